The molecule has 5 heteroatoms. The molecule has 0 aliphatic rings. The first kappa shape index (κ1) is 63.1. The quantitative estimate of drug-likeness (QED) is 0.0346. The Labute approximate surface area is 409 Å². The summed E-state index contributed by atoms with van der Waals surface area (Å²) in [4.78, 5) is 25.4. The molecule has 0 aromatic carbocycles. The molecule has 0 rings (SSSR count). The van der Waals surface area contributed by atoms with Gasteiger partial charge in [-0.3, -0.25) is 9.59 Å². The average molecular weight is 920 g/mol. The number of rotatable bonds is 51. The first-order chi connectivity index (χ1) is 32.6. The Kier molecular flexibility index (Phi) is 53.9. The first-order valence-corrected chi connectivity index (χ1v) is 28.1. The second kappa shape index (κ2) is 56.4. The van der Waals surface area contributed by atoms with Crippen molar-refractivity contribution >= 4 is 11.9 Å². The number of carbonyl (C=O) groups is 2. The fourth-order valence-corrected chi connectivity index (χ4v) is 7.69. The number of carbonyl (C=O) groups excluding carboxylic acids is 2. The van der Waals surface area contributed by atoms with E-state index in [1.165, 1.54) is 135 Å². The highest BCUT2D eigenvalue weighted by Gasteiger charge is 2.17. The number of hydrogen-bond acceptors (Lipinski definition) is 5. The Morgan fingerprint density at radius 3 is 1.17 bits per heavy atom. The van der Waals surface area contributed by atoms with E-state index in [1.54, 1.807) is 0 Å². The van der Waals surface area contributed by atoms with Crippen LogP contribution in [0.2, 0.25) is 0 Å². The molecule has 0 aliphatic carbocycles. The van der Waals surface area contributed by atoms with Gasteiger partial charge in [-0.05, 0) is 109 Å². The van der Waals surface area contributed by atoms with Crippen molar-refractivity contribution in [3.63, 3.8) is 0 Å². The lowest BCUT2D eigenvalue weighted by Crippen LogP contribution is -2.30. The lowest BCUT2D eigenvalue weighted by Gasteiger charge is -2.18. The van der Waals surface area contributed by atoms with Crippen molar-refractivity contribution < 1.29 is 23.8 Å². The standard InChI is InChI=1S/C61H106O5/c1-4-7-10-13-16-19-22-24-26-28-30-32-34-36-38-41-44-47-50-53-56-64-57-59(66-61(63)55-52-49-46-43-39-21-18-15-12-9-6-3)58-65-60(62)54-51-48-45-42-40-37-35-33-31-29-27-25-23-20-17-14-11-8-5-2/h8,11,15,17-18,20,24-27,31,33,37,40,59H,4-7,9-10,12-14,16,19,21-23,28-30,32,34-36,38-39,41-58H2,1-3H3/b11-8-,18-15-,20-17-,26-24-,27-25-,33-31-,40-37-. The van der Waals surface area contributed by atoms with Crippen molar-refractivity contribution in [1.82, 2.24) is 0 Å². The normalized spacial score (nSPS) is 12.8. The van der Waals surface area contributed by atoms with Crippen LogP contribution in [0.15, 0.2) is 85.1 Å². The minimum atomic E-state index is -0.558. The molecule has 0 aromatic heterocycles. The lowest BCUT2D eigenvalue weighted by molar-refractivity contribution is -0.163. The monoisotopic (exact) mass is 919 g/mol. The third-order valence-corrected chi connectivity index (χ3v) is 11.9. The maximum atomic E-state index is 12.8. The van der Waals surface area contributed by atoms with Crippen molar-refractivity contribution in [2.75, 3.05) is 19.8 Å². The zero-order valence-electron chi connectivity index (χ0n) is 43.7. The van der Waals surface area contributed by atoms with E-state index in [4.69, 9.17) is 14.2 Å². The van der Waals surface area contributed by atoms with Crippen LogP contribution in [0.4, 0.5) is 0 Å². The maximum Gasteiger partial charge on any atom is 0.306 e. The Morgan fingerprint density at radius 1 is 0.348 bits per heavy atom. The summed E-state index contributed by atoms with van der Waals surface area (Å²) in [6, 6.07) is 0. The van der Waals surface area contributed by atoms with Crippen molar-refractivity contribution in [1.29, 1.82) is 0 Å². The minimum Gasteiger partial charge on any atom is -0.462 e. The van der Waals surface area contributed by atoms with Gasteiger partial charge in [0.2, 0.25) is 0 Å². The molecule has 0 spiro atoms. The highest BCUT2D eigenvalue weighted by molar-refractivity contribution is 5.70. The molecule has 0 saturated heterocycles. The summed E-state index contributed by atoms with van der Waals surface area (Å²) in [7, 11) is 0. The van der Waals surface area contributed by atoms with Crippen molar-refractivity contribution in [3.8, 4) is 0 Å². The van der Waals surface area contributed by atoms with Gasteiger partial charge in [-0.25, -0.2) is 0 Å². The van der Waals surface area contributed by atoms with Gasteiger partial charge in [0.25, 0.3) is 0 Å². The molecule has 0 bridgehead atoms. The molecule has 0 amide bonds. The average Bonchev–Trinajstić information content (AvgIpc) is 3.32. The number of allylic oxidation sites excluding steroid dienone is 14. The molecule has 66 heavy (non-hydrogen) atoms. The molecule has 0 saturated carbocycles. The van der Waals surface area contributed by atoms with Crippen LogP contribution in [0, 0.1) is 0 Å². The van der Waals surface area contributed by atoms with E-state index in [2.05, 4.69) is 106 Å². The van der Waals surface area contributed by atoms with Crippen molar-refractivity contribution in [2.45, 2.75) is 271 Å². The van der Waals surface area contributed by atoms with Crippen LogP contribution in [0.25, 0.3) is 0 Å². The third kappa shape index (κ3) is 53.7. The SMILES string of the molecule is CC/C=C\C/C=C\C/C=C\C/C=C\C/C=C\CCCCCC(=O)OCC(COCCCCCCCCCCCC/C=C\CCCCCCCC)OC(=O)CCCCCCC/C=C\CCCC. The maximum absolute atomic E-state index is 12.8. The minimum absolute atomic E-state index is 0.0618. The van der Waals surface area contributed by atoms with Gasteiger partial charge in [0.15, 0.2) is 6.10 Å². The molecule has 380 valence electrons. The van der Waals surface area contributed by atoms with Crippen LogP contribution in [0.1, 0.15) is 265 Å². The smallest absolute Gasteiger partial charge is 0.306 e. The molecule has 0 N–H and O–H groups in total. The van der Waals surface area contributed by atoms with Crippen LogP contribution < -0.4 is 0 Å². The van der Waals surface area contributed by atoms with Crippen LogP contribution in [0.5, 0.6) is 0 Å². The summed E-state index contributed by atoms with van der Waals surface area (Å²) in [5.41, 5.74) is 0. The molecule has 0 aliphatic heterocycles. The van der Waals surface area contributed by atoms with Gasteiger partial charge in [0, 0.05) is 19.4 Å². The van der Waals surface area contributed by atoms with E-state index < -0.39 is 6.10 Å². The third-order valence-electron chi connectivity index (χ3n) is 11.9. The summed E-state index contributed by atoms with van der Waals surface area (Å²) < 4.78 is 17.4. The highest BCUT2D eigenvalue weighted by Crippen LogP contribution is 2.14. The zero-order chi connectivity index (χ0) is 47.7. The molecular formula is C61H106O5. The predicted octanol–water partition coefficient (Wildman–Crippen LogP) is 19.2. The summed E-state index contributed by atoms with van der Waals surface area (Å²) in [5.74, 6) is -0.443. The number of unbranched alkanes of at least 4 members (excludes halogenated alkanes) is 26. The Bertz CT molecular complexity index is 1220. The van der Waals surface area contributed by atoms with E-state index in [0.29, 0.717) is 19.4 Å². The van der Waals surface area contributed by atoms with Gasteiger partial charge in [0.1, 0.15) is 6.61 Å². The van der Waals surface area contributed by atoms with E-state index >= 15 is 0 Å². The Morgan fingerprint density at radius 2 is 0.697 bits per heavy atom. The summed E-state index contributed by atoms with van der Waals surface area (Å²) in [6.45, 7) is 7.64. The molecule has 0 heterocycles. The van der Waals surface area contributed by atoms with Gasteiger partial charge in [0.05, 0.1) is 6.61 Å². The highest BCUT2D eigenvalue weighted by atomic mass is 16.6. The topological polar surface area (TPSA) is 61.8 Å². The summed E-state index contributed by atoms with van der Waals surface area (Å²) >= 11 is 0. The van der Waals surface area contributed by atoms with E-state index in [-0.39, 0.29) is 25.2 Å². The fourth-order valence-electron chi connectivity index (χ4n) is 7.69. The zero-order valence-corrected chi connectivity index (χ0v) is 43.7. The van der Waals surface area contributed by atoms with Crippen LogP contribution in [0.3, 0.4) is 0 Å². The number of ether oxygens (including phenoxy) is 3. The molecule has 1 unspecified atom stereocenters. The molecule has 0 radical (unpaired) electrons. The first-order valence-electron chi connectivity index (χ1n) is 28.1. The molecular weight excluding hydrogens is 813 g/mol. The van der Waals surface area contributed by atoms with Crippen LogP contribution >= 0.6 is 0 Å². The Hall–Kier alpha value is -2.92. The van der Waals surface area contributed by atoms with Crippen LogP contribution in [-0.4, -0.2) is 37.9 Å². The van der Waals surface area contributed by atoms with Crippen molar-refractivity contribution in [3.05, 3.63) is 85.1 Å². The van der Waals surface area contributed by atoms with Crippen LogP contribution in [-0.2, 0) is 23.8 Å². The van der Waals surface area contributed by atoms with Gasteiger partial charge < -0.3 is 14.2 Å². The molecule has 5 nitrogen and oxygen atoms in total. The van der Waals surface area contributed by atoms with Gasteiger partial charge in [-0.2, -0.15) is 0 Å². The number of esters is 2. The second-order valence-electron chi connectivity index (χ2n) is 18.4. The van der Waals surface area contributed by atoms with E-state index in [1.807, 2.05) is 0 Å². The Balaban J connectivity index is 4.27. The van der Waals surface area contributed by atoms with Gasteiger partial charge in [-0.15, -0.1) is 0 Å². The summed E-state index contributed by atoms with van der Waals surface area (Å²) in [5, 5.41) is 0. The molecule has 1 atom stereocenters. The number of hydrogen-bond donors (Lipinski definition) is 0. The van der Waals surface area contributed by atoms with Crippen molar-refractivity contribution in [2.24, 2.45) is 0 Å². The second-order valence-corrected chi connectivity index (χ2v) is 18.4. The summed E-state index contributed by atoms with van der Waals surface area (Å²) in [6.07, 6.45) is 74.6. The van der Waals surface area contributed by atoms with Gasteiger partial charge >= 0.3 is 11.9 Å². The van der Waals surface area contributed by atoms with E-state index in [9.17, 15) is 9.59 Å². The van der Waals surface area contributed by atoms with Gasteiger partial charge in [-0.1, -0.05) is 228 Å². The molecule has 0 fully saturated rings. The predicted molar refractivity (Wildman–Crippen MR) is 288 cm³/mol. The molecule has 0 aromatic rings. The van der Waals surface area contributed by atoms with E-state index in [0.717, 1.165) is 96.3 Å². The lowest BCUT2D eigenvalue weighted by atomic mass is 10.1. The fraction of sp³-hybridized carbons (Fsp3) is 0.738. The largest absolute Gasteiger partial charge is 0.462 e.